The van der Waals surface area contributed by atoms with Crippen LogP contribution in [0.4, 0.5) is 0 Å². The van der Waals surface area contributed by atoms with E-state index in [2.05, 4.69) is 17.6 Å². The molecule has 3 rings (SSSR count). The summed E-state index contributed by atoms with van der Waals surface area (Å²) in [6.45, 7) is 2.75. The molecule has 0 bridgehead atoms. The molecule has 8 heteroatoms. The smallest absolute Gasteiger partial charge is 0.253 e. The molecular formula is C28H30Cl2N2O4. The lowest BCUT2D eigenvalue weighted by molar-refractivity contribution is 0.0883. The second-order valence-corrected chi connectivity index (χ2v) is 9.09. The average Bonchev–Trinajstić information content (AvgIpc) is 2.89. The molecular weight excluding hydrogens is 499 g/mol. The molecule has 0 aromatic heterocycles. The van der Waals surface area contributed by atoms with Gasteiger partial charge in [-0.2, -0.15) is 0 Å². The number of ether oxygens (including phenoxy) is 2. The van der Waals surface area contributed by atoms with Crippen molar-refractivity contribution < 1.29 is 19.1 Å². The highest BCUT2D eigenvalue weighted by Gasteiger charge is 2.21. The van der Waals surface area contributed by atoms with Crippen molar-refractivity contribution in [1.29, 1.82) is 0 Å². The Morgan fingerprint density at radius 1 is 0.778 bits per heavy atom. The van der Waals surface area contributed by atoms with Gasteiger partial charge in [-0.25, -0.2) is 0 Å². The molecule has 0 aliphatic heterocycles. The predicted molar refractivity (Wildman–Crippen MR) is 143 cm³/mol. The van der Waals surface area contributed by atoms with Crippen LogP contribution in [0.2, 0.25) is 10.0 Å². The molecule has 0 heterocycles. The first-order valence-corrected chi connectivity index (χ1v) is 12.6. The van der Waals surface area contributed by atoms with Crippen LogP contribution in [0.25, 0.3) is 0 Å². The molecule has 3 aromatic carbocycles. The molecule has 2 amide bonds. The summed E-state index contributed by atoms with van der Waals surface area (Å²) in [5.74, 6) is 0.366. The van der Waals surface area contributed by atoms with Crippen molar-refractivity contribution in [3.63, 3.8) is 0 Å². The third kappa shape index (κ3) is 7.90. The van der Waals surface area contributed by atoms with E-state index in [4.69, 9.17) is 32.7 Å². The zero-order valence-electron chi connectivity index (χ0n) is 20.4. The standard InChI is InChI=1S/C28H30Cl2N2O4/c1-3-4-5-6-17-36-24-16-11-21(18-25(24)35-2)26(31-27(33)19-7-12-22(29)13-8-19)32-28(34)20-9-14-23(30)15-10-20/h7-16,18,26H,3-6,17H2,1-2H3,(H,31,33)(H,32,34). The van der Waals surface area contributed by atoms with Crippen LogP contribution in [0.5, 0.6) is 11.5 Å². The fourth-order valence-corrected chi connectivity index (χ4v) is 3.78. The Morgan fingerprint density at radius 3 is 1.83 bits per heavy atom. The van der Waals surface area contributed by atoms with Crippen LogP contribution in [0.3, 0.4) is 0 Å². The molecule has 0 radical (unpaired) electrons. The highest BCUT2D eigenvalue weighted by molar-refractivity contribution is 6.31. The number of halogens is 2. The first-order valence-electron chi connectivity index (χ1n) is 11.8. The number of carbonyl (C=O) groups is 2. The van der Waals surface area contributed by atoms with Crippen molar-refractivity contribution in [3.05, 3.63) is 93.5 Å². The largest absolute Gasteiger partial charge is 0.493 e. The Morgan fingerprint density at radius 2 is 1.33 bits per heavy atom. The number of hydrogen-bond donors (Lipinski definition) is 2. The summed E-state index contributed by atoms with van der Waals surface area (Å²) in [5, 5.41) is 6.81. The number of carbonyl (C=O) groups excluding carboxylic acids is 2. The molecule has 0 fully saturated rings. The van der Waals surface area contributed by atoms with E-state index in [0.29, 0.717) is 44.8 Å². The number of rotatable bonds is 12. The van der Waals surface area contributed by atoms with E-state index in [-0.39, 0.29) is 11.8 Å². The summed E-state index contributed by atoms with van der Waals surface area (Å²) in [6, 6.07) is 18.3. The molecule has 2 N–H and O–H groups in total. The molecule has 0 saturated heterocycles. The van der Waals surface area contributed by atoms with E-state index >= 15 is 0 Å². The van der Waals surface area contributed by atoms with Crippen molar-refractivity contribution in [3.8, 4) is 11.5 Å². The molecule has 190 valence electrons. The van der Waals surface area contributed by atoms with Gasteiger partial charge in [0.15, 0.2) is 11.5 Å². The Bertz CT molecular complexity index is 1090. The number of benzene rings is 3. The van der Waals surface area contributed by atoms with Crippen LogP contribution in [0.1, 0.15) is 65.1 Å². The summed E-state index contributed by atoms with van der Waals surface area (Å²) in [4.78, 5) is 25.9. The minimum absolute atomic E-state index is 0.372. The molecule has 0 aliphatic rings. The SMILES string of the molecule is CCCCCCOc1ccc(C(NC(=O)c2ccc(Cl)cc2)NC(=O)c2ccc(Cl)cc2)cc1OC. The Labute approximate surface area is 221 Å². The van der Waals surface area contributed by atoms with Crippen molar-refractivity contribution in [2.75, 3.05) is 13.7 Å². The van der Waals surface area contributed by atoms with Crippen molar-refractivity contribution in [2.24, 2.45) is 0 Å². The molecule has 0 saturated carbocycles. The van der Waals surface area contributed by atoms with Gasteiger partial charge in [0.05, 0.1) is 13.7 Å². The molecule has 6 nitrogen and oxygen atoms in total. The quantitative estimate of drug-likeness (QED) is 0.199. The third-order valence-corrected chi connectivity index (χ3v) is 6.04. The van der Waals surface area contributed by atoms with Crippen LogP contribution in [-0.4, -0.2) is 25.5 Å². The van der Waals surface area contributed by atoms with Gasteiger partial charge in [0, 0.05) is 21.2 Å². The Balaban J connectivity index is 1.83. The molecule has 3 aromatic rings. The number of methoxy groups -OCH3 is 1. The van der Waals surface area contributed by atoms with E-state index in [1.807, 2.05) is 0 Å². The van der Waals surface area contributed by atoms with Gasteiger partial charge in [-0.1, -0.05) is 55.5 Å². The van der Waals surface area contributed by atoms with Gasteiger partial charge in [0.2, 0.25) is 0 Å². The highest BCUT2D eigenvalue weighted by atomic mass is 35.5. The summed E-state index contributed by atoms with van der Waals surface area (Å²) in [6.07, 6.45) is 3.54. The molecule has 0 unspecified atom stereocenters. The van der Waals surface area contributed by atoms with E-state index in [1.165, 1.54) is 6.42 Å². The number of nitrogens with one attached hydrogen (secondary N) is 2. The van der Waals surface area contributed by atoms with Crippen molar-refractivity contribution in [1.82, 2.24) is 10.6 Å². The summed E-state index contributed by atoms with van der Waals surface area (Å²) < 4.78 is 11.4. The summed E-state index contributed by atoms with van der Waals surface area (Å²) in [7, 11) is 1.55. The van der Waals surface area contributed by atoms with Gasteiger partial charge in [0.25, 0.3) is 11.8 Å². The maximum atomic E-state index is 13.0. The van der Waals surface area contributed by atoms with Gasteiger partial charge in [-0.15, -0.1) is 0 Å². The van der Waals surface area contributed by atoms with Gasteiger partial charge in [-0.05, 0) is 72.6 Å². The normalized spacial score (nSPS) is 10.7. The number of hydrogen-bond acceptors (Lipinski definition) is 4. The fourth-order valence-electron chi connectivity index (χ4n) is 3.53. The first kappa shape index (κ1) is 27.4. The average molecular weight is 529 g/mol. The predicted octanol–water partition coefficient (Wildman–Crippen LogP) is 6.82. The second kappa shape index (κ2) is 13.8. The van der Waals surface area contributed by atoms with Crippen molar-refractivity contribution >= 4 is 35.0 Å². The lowest BCUT2D eigenvalue weighted by Crippen LogP contribution is -2.41. The van der Waals surface area contributed by atoms with Gasteiger partial charge >= 0.3 is 0 Å². The van der Waals surface area contributed by atoms with Crippen LogP contribution < -0.4 is 20.1 Å². The zero-order chi connectivity index (χ0) is 25.9. The van der Waals surface area contributed by atoms with E-state index < -0.39 is 6.17 Å². The minimum Gasteiger partial charge on any atom is -0.493 e. The van der Waals surface area contributed by atoms with Crippen LogP contribution >= 0.6 is 23.2 Å². The van der Waals surface area contributed by atoms with Crippen LogP contribution in [0.15, 0.2) is 66.7 Å². The van der Waals surface area contributed by atoms with Gasteiger partial charge in [-0.3, -0.25) is 9.59 Å². The summed E-state index contributed by atoms with van der Waals surface area (Å²) in [5.41, 5.74) is 1.43. The topological polar surface area (TPSA) is 76.7 Å². The maximum Gasteiger partial charge on any atom is 0.253 e. The Kier molecular flexibility index (Phi) is 10.5. The first-order chi connectivity index (χ1) is 17.4. The molecule has 0 aliphatic carbocycles. The molecule has 0 spiro atoms. The van der Waals surface area contributed by atoms with E-state index in [9.17, 15) is 9.59 Å². The van der Waals surface area contributed by atoms with Gasteiger partial charge < -0.3 is 20.1 Å². The highest BCUT2D eigenvalue weighted by Crippen LogP contribution is 2.30. The zero-order valence-corrected chi connectivity index (χ0v) is 21.9. The van der Waals surface area contributed by atoms with Gasteiger partial charge in [0.1, 0.15) is 6.17 Å². The van der Waals surface area contributed by atoms with Crippen LogP contribution in [0, 0.1) is 0 Å². The third-order valence-electron chi connectivity index (χ3n) is 5.54. The number of unbranched alkanes of at least 4 members (excludes halogenated alkanes) is 3. The van der Waals surface area contributed by atoms with Crippen molar-refractivity contribution in [2.45, 2.75) is 38.8 Å². The lowest BCUT2D eigenvalue weighted by atomic mass is 10.1. The summed E-state index contributed by atoms with van der Waals surface area (Å²) >= 11 is 11.9. The van der Waals surface area contributed by atoms with E-state index in [0.717, 1.165) is 19.3 Å². The monoisotopic (exact) mass is 528 g/mol. The fraction of sp³-hybridized carbons (Fsp3) is 0.286. The second-order valence-electron chi connectivity index (χ2n) is 8.21. The minimum atomic E-state index is -0.844. The molecule has 0 atom stereocenters. The van der Waals surface area contributed by atoms with Crippen LogP contribution in [-0.2, 0) is 0 Å². The lowest BCUT2D eigenvalue weighted by Gasteiger charge is -2.22. The maximum absolute atomic E-state index is 13.0. The van der Waals surface area contributed by atoms with E-state index in [1.54, 1.807) is 73.8 Å². The molecule has 36 heavy (non-hydrogen) atoms. The Hall–Kier alpha value is -3.22. The number of amides is 2.